The van der Waals surface area contributed by atoms with Crippen LogP contribution in [0.1, 0.15) is 24.2 Å². The maximum absolute atomic E-state index is 14.5. The van der Waals surface area contributed by atoms with Crippen molar-refractivity contribution in [2.45, 2.75) is 24.4 Å². The zero-order chi connectivity index (χ0) is 27.5. The molecule has 0 saturated carbocycles. The number of nitrogens with zero attached hydrogens (tertiary/aromatic N) is 5. The Hall–Kier alpha value is -4.41. The Labute approximate surface area is 231 Å². The van der Waals surface area contributed by atoms with Crippen LogP contribution in [0.25, 0.3) is 16.6 Å². The van der Waals surface area contributed by atoms with Crippen molar-refractivity contribution in [3.8, 4) is 5.69 Å². The fourth-order valence-electron chi connectivity index (χ4n) is 7.65. The quantitative estimate of drug-likeness (QED) is 0.210. The minimum Gasteiger partial charge on any atom is -0.283 e. The summed E-state index contributed by atoms with van der Waals surface area (Å²) >= 11 is 6.04. The average Bonchev–Trinajstić information content (AvgIpc) is 3.66. The number of amides is 2. The molecule has 40 heavy (non-hydrogen) atoms. The summed E-state index contributed by atoms with van der Waals surface area (Å²) in [6.07, 6.45) is 1.53. The first kappa shape index (κ1) is 23.5. The topological polar surface area (TPSA) is 119 Å². The zero-order valence-electron chi connectivity index (χ0n) is 20.9. The number of nitro groups is 1. The maximum atomic E-state index is 14.5. The van der Waals surface area contributed by atoms with Crippen LogP contribution in [-0.4, -0.2) is 43.8 Å². The lowest BCUT2D eigenvalue weighted by Gasteiger charge is -2.38. The van der Waals surface area contributed by atoms with Crippen molar-refractivity contribution in [3.05, 3.63) is 104 Å². The van der Waals surface area contributed by atoms with E-state index in [0.717, 1.165) is 16.9 Å². The van der Waals surface area contributed by atoms with Gasteiger partial charge in [0.05, 0.1) is 39.0 Å². The van der Waals surface area contributed by atoms with Crippen LogP contribution in [0.15, 0.2) is 71.5 Å². The van der Waals surface area contributed by atoms with E-state index in [-0.39, 0.29) is 28.0 Å². The molecule has 0 radical (unpaired) electrons. The highest BCUT2D eigenvalue weighted by molar-refractivity contribution is 6.33. The molecule has 0 bridgehead atoms. The van der Waals surface area contributed by atoms with E-state index in [0.29, 0.717) is 35.4 Å². The molecule has 0 aliphatic carbocycles. The van der Waals surface area contributed by atoms with Crippen molar-refractivity contribution < 1.29 is 14.5 Å². The Balaban J connectivity index is 1.41. The fourth-order valence-corrected chi connectivity index (χ4v) is 7.83. The Morgan fingerprint density at radius 3 is 2.60 bits per heavy atom. The average molecular weight is 554 g/mol. The molecule has 4 aromatic rings. The number of carbonyl (C=O) groups excluding carboxylic acids is 2. The second kappa shape index (κ2) is 7.83. The first-order valence-electron chi connectivity index (χ1n) is 13.1. The summed E-state index contributed by atoms with van der Waals surface area (Å²) in [5.41, 5.74) is 0.275. The molecule has 4 aliphatic heterocycles. The number of para-hydroxylation sites is 2. The molecule has 2 amide bonds. The Morgan fingerprint density at radius 2 is 1.77 bits per heavy atom. The molecule has 0 N–H and O–H groups in total. The number of aromatic nitrogens is 2. The first-order chi connectivity index (χ1) is 19.4. The minimum absolute atomic E-state index is 0.0828. The highest BCUT2D eigenvalue weighted by atomic mass is 35.5. The molecule has 3 aromatic carbocycles. The third-order valence-electron chi connectivity index (χ3n) is 9.02. The molecule has 11 heteroatoms. The Bertz CT molecular complexity index is 1910. The number of halogens is 1. The fraction of sp³-hybridized carbons (Fsp3) is 0.241. The third kappa shape index (κ3) is 2.62. The zero-order valence-corrected chi connectivity index (χ0v) is 21.6. The van der Waals surface area contributed by atoms with E-state index in [9.17, 15) is 24.5 Å². The molecule has 5 heterocycles. The number of imide groups is 1. The molecule has 2 unspecified atom stereocenters. The summed E-state index contributed by atoms with van der Waals surface area (Å²) in [4.78, 5) is 61.8. The summed E-state index contributed by atoms with van der Waals surface area (Å²) in [6, 6.07) is 18.3. The second-order valence-corrected chi connectivity index (χ2v) is 11.1. The van der Waals surface area contributed by atoms with Gasteiger partial charge in [0.15, 0.2) is 0 Å². The van der Waals surface area contributed by atoms with E-state index in [1.54, 1.807) is 22.8 Å². The van der Waals surface area contributed by atoms with Gasteiger partial charge in [0.1, 0.15) is 16.4 Å². The van der Waals surface area contributed by atoms with Gasteiger partial charge < -0.3 is 0 Å². The van der Waals surface area contributed by atoms with Gasteiger partial charge in [-0.05, 0) is 49.7 Å². The van der Waals surface area contributed by atoms with Crippen LogP contribution in [0.5, 0.6) is 0 Å². The van der Waals surface area contributed by atoms with E-state index in [1.807, 2.05) is 30.3 Å². The molecule has 10 nitrogen and oxygen atoms in total. The molecule has 4 aliphatic rings. The first-order valence-corrected chi connectivity index (χ1v) is 13.4. The number of carbonyl (C=O) groups is 2. The summed E-state index contributed by atoms with van der Waals surface area (Å²) in [6.45, 7) is 0.641. The molecule has 1 aromatic heterocycles. The van der Waals surface area contributed by atoms with E-state index in [2.05, 4.69) is 4.90 Å². The number of hydrogen-bond donors (Lipinski definition) is 0. The van der Waals surface area contributed by atoms with Crippen molar-refractivity contribution >= 4 is 45.7 Å². The minimum atomic E-state index is -1.15. The van der Waals surface area contributed by atoms with Crippen molar-refractivity contribution in [1.82, 2.24) is 14.5 Å². The molecular formula is C29H20ClN5O5. The lowest BCUT2D eigenvalue weighted by molar-refractivity contribution is -0.384. The maximum Gasteiger partial charge on any atom is 0.289 e. The second-order valence-electron chi connectivity index (χ2n) is 10.7. The molecular weight excluding hydrogens is 534 g/mol. The van der Waals surface area contributed by atoms with Crippen LogP contribution in [-0.2, 0) is 15.1 Å². The molecule has 3 fully saturated rings. The highest BCUT2D eigenvalue weighted by Gasteiger charge is 2.73. The van der Waals surface area contributed by atoms with Crippen LogP contribution < -0.4 is 10.5 Å². The highest BCUT2D eigenvalue weighted by Crippen LogP contribution is 2.62. The number of benzene rings is 3. The van der Waals surface area contributed by atoms with Crippen LogP contribution in [0.3, 0.4) is 0 Å². The van der Waals surface area contributed by atoms with Gasteiger partial charge >= 0.3 is 0 Å². The number of hydrogen-bond acceptors (Lipinski definition) is 7. The van der Waals surface area contributed by atoms with Crippen molar-refractivity contribution in [2.75, 3.05) is 11.4 Å². The van der Waals surface area contributed by atoms with Crippen LogP contribution in [0.4, 0.5) is 11.4 Å². The summed E-state index contributed by atoms with van der Waals surface area (Å²) < 4.78 is 1.60. The van der Waals surface area contributed by atoms with Crippen LogP contribution in [0, 0.1) is 22.0 Å². The van der Waals surface area contributed by atoms with E-state index in [4.69, 9.17) is 16.6 Å². The lowest BCUT2D eigenvalue weighted by Crippen LogP contribution is -2.51. The number of anilines is 1. The molecule has 4 atom stereocenters. The van der Waals surface area contributed by atoms with Gasteiger partial charge in [0, 0.05) is 17.7 Å². The van der Waals surface area contributed by atoms with E-state index < -0.39 is 34.1 Å². The van der Waals surface area contributed by atoms with Crippen LogP contribution in [0.2, 0.25) is 5.02 Å². The Morgan fingerprint density at radius 1 is 1.00 bits per heavy atom. The summed E-state index contributed by atoms with van der Waals surface area (Å²) in [5, 5.41) is 12.0. The van der Waals surface area contributed by atoms with Gasteiger partial charge in [-0.3, -0.25) is 34.0 Å². The largest absolute Gasteiger partial charge is 0.289 e. The SMILES string of the molecule is O=C1[C@H]2C3CCCN3C3(c4ccccc4-n4c3nc3ccccc3c4=O)[C@H]2C(=O)N1c1ccc(Cl)c([N+](=O)[O-])c1. The standard InChI is InChI=1S/C29H20ClN5O5/c30-18-12-11-15(14-22(18)35(39)40)33-26(37)23-21-10-5-13-32(21)29(24(23)27(33)38)17-7-2-4-9-20(17)34-25(36)16-6-1-3-8-19(16)31-28(29)34/h1-4,6-9,11-12,14,21,23-24H,5,10,13H2/t21?,23-,24+,29?/m0/s1. The summed E-state index contributed by atoms with van der Waals surface area (Å²) in [7, 11) is 0. The summed E-state index contributed by atoms with van der Waals surface area (Å²) in [5.74, 6) is -2.01. The number of rotatable bonds is 2. The predicted octanol–water partition coefficient (Wildman–Crippen LogP) is 3.79. The van der Waals surface area contributed by atoms with E-state index in [1.165, 1.54) is 18.2 Å². The van der Waals surface area contributed by atoms with E-state index >= 15 is 0 Å². The number of fused-ring (bicyclic) bond motifs is 11. The van der Waals surface area contributed by atoms with Crippen molar-refractivity contribution in [2.24, 2.45) is 11.8 Å². The smallest absolute Gasteiger partial charge is 0.283 e. The van der Waals surface area contributed by atoms with Gasteiger partial charge in [-0.1, -0.05) is 41.9 Å². The van der Waals surface area contributed by atoms with Crippen LogP contribution >= 0.6 is 11.6 Å². The van der Waals surface area contributed by atoms with Gasteiger partial charge in [-0.15, -0.1) is 0 Å². The van der Waals surface area contributed by atoms with Crippen molar-refractivity contribution in [3.63, 3.8) is 0 Å². The molecule has 198 valence electrons. The van der Waals surface area contributed by atoms with Crippen molar-refractivity contribution in [1.29, 1.82) is 0 Å². The van der Waals surface area contributed by atoms with Gasteiger partial charge in [0.2, 0.25) is 11.8 Å². The van der Waals surface area contributed by atoms with Gasteiger partial charge in [-0.25, -0.2) is 9.88 Å². The monoisotopic (exact) mass is 553 g/mol. The van der Waals surface area contributed by atoms with Gasteiger partial charge in [-0.2, -0.15) is 0 Å². The third-order valence-corrected chi connectivity index (χ3v) is 9.34. The molecule has 3 saturated heterocycles. The predicted molar refractivity (Wildman–Crippen MR) is 145 cm³/mol. The molecule has 1 spiro atoms. The normalized spacial score (nSPS) is 26.4. The van der Waals surface area contributed by atoms with Gasteiger partial charge in [0.25, 0.3) is 11.2 Å². The lowest BCUT2D eigenvalue weighted by atomic mass is 9.75. The molecule has 8 rings (SSSR count). The number of nitro benzene ring substituents is 1. The Kier molecular flexibility index (Phi) is 4.60.